The number of carbonyl (C=O) groups excluding carboxylic acids is 1. The zero-order valence-corrected chi connectivity index (χ0v) is 14.0. The predicted octanol–water partition coefficient (Wildman–Crippen LogP) is 3.42. The number of ether oxygens (including phenoxy) is 1. The molecule has 4 nitrogen and oxygen atoms in total. The van der Waals surface area contributed by atoms with Crippen molar-refractivity contribution in [2.75, 3.05) is 13.1 Å². The Morgan fingerprint density at radius 3 is 2.55 bits per heavy atom. The molecule has 2 aliphatic heterocycles. The second-order valence-corrected chi connectivity index (χ2v) is 6.97. The number of rotatable bonds is 1. The highest BCUT2D eigenvalue weighted by molar-refractivity contribution is 8.18. The normalized spacial score (nSPS) is 27.4. The molecule has 2 aliphatic rings. The standard InChI is InChI=1S/C16H17ClN2O2S/c1-10-8-19(9-11(2)21-10)16-18-15(20)14(22-16)7-12-3-5-13(17)6-4-12/h3-7,10-11H,8-9H2,1-2H3/b14-7-/t10-,11-/m0/s1. The third-order valence-electron chi connectivity index (χ3n) is 3.47. The fourth-order valence-electron chi connectivity index (χ4n) is 2.58. The van der Waals surface area contributed by atoms with Gasteiger partial charge in [0.25, 0.3) is 5.91 Å². The second kappa shape index (κ2) is 6.44. The highest BCUT2D eigenvalue weighted by Crippen LogP contribution is 2.31. The molecule has 1 aromatic rings. The van der Waals surface area contributed by atoms with Gasteiger partial charge in [-0.15, -0.1) is 0 Å². The van der Waals surface area contributed by atoms with Crippen molar-refractivity contribution in [1.82, 2.24) is 4.90 Å². The molecule has 0 saturated carbocycles. The summed E-state index contributed by atoms with van der Waals surface area (Å²) in [6.07, 6.45) is 2.14. The van der Waals surface area contributed by atoms with Gasteiger partial charge < -0.3 is 9.64 Å². The van der Waals surface area contributed by atoms with Crippen molar-refractivity contribution in [2.45, 2.75) is 26.1 Å². The van der Waals surface area contributed by atoms with E-state index in [-0.39, 0.29) is 18.1 Å². The van der Waals surface area contributed by atoms with Gasteiger partial charge in [-0.05, 0) is 49.4 Å². The number of benzene rings is 1. The Balaban J connectivity index is 1.74. The highest BCUT2D eigenvalue weighted by atomic mass is 35.5. The summed E-state index contributed by atoms with van der Waals surface area (Å²) in [4.78, 5) is 19.1. The van der Waals surface area contributed by atoms with Gasteiger partial charge in [-0.3, -0.25) is 4.79 Å². The topological polar surface area (TPSA) is 41.9 Å². The number of amidine groups is 1. The van der Waals surface area contributed by atoms with Gasteiger partial charge in [-0.25, -0.2) is 0 Å². The van der Waals surface area contributed by atoms with E-state index < -0.39 is 0 Å². The van der Waals surface area contributed by atoms with E-state index in [1.165, 1.54) is 11.8 Å². The van der Waals surface area contributed by atoms with Crippen LogP contribution in [0.4, 0.5) is 0 Å². The van der Waals surface area contributed by atoms with Crippen molar-refractivity contribution in [3.8, 4) is 0 Å². The van der Waals surface area contributed by atoms with Gasteiger partial charge in [0.1, 0.15) is 0 Å². The number of amides is 1. The maximum absolute atomic E-state index is 12.1. The van der Waals surface area contributed by atoms with Crippen molar-refractivity contribution < 1.29 is 9.53 Å². The van der Waals surface area contributed by atoms with Crippen LogP contribution in [0.15, 0.2) is 34.2 Å². The van der Waals surface area contributed by atoms with Gasteiger partial charge in [0.2, 0.25) is 0 Å². The molecular weight excluding hydrogens is 320 g/mol. The molecule has 0 aromatic heterocycles. The molecule has 6 heteroatoms. The van der Waals surface area contributed by atoms with Crippen LogP contribution in [0.25, 0.3) is 6.08 Å². The molecule has 0 bridgehead atoms. The van der Waals surface area contributed by atoms with E-state index in [0.717, 1.165) is 23.8 Å². The first-order valence-electron chi connectivity index (χ1n) is 7.20. The fourth-order valence-corrected chi connectivity index (χ4v) is 3.64. The highest BCUT2D eigenvalue weighted by Gasteiger charge is 2.30. The second-order valence-electron chi connectivity index (χ2n) is 5.52. The minimum absolute atomic E-state index is 0.145. The van der Waals surface area contributed by atoms with E-state index in [4.69, 9.17) is 16.3 Å². The monoisotopic (exact) mass is 336 g/mol. The molecule has 2 heterocycles. The Kier molecular flexibility index (Phi) is 4.57. The van der Waals surface area contributed by atoms with Gasteiger partial charge >= 0.3 is 0 Å². The lowest BCUT2D eigenvalue weighted by atomic mass is 10.2. The van der Waals surface area contributed by atoms with Crippen LogP contribution >= 0.6 is 23.4 Å². The van der Waals surface area contributed by atoms with E-state index in [1.807, 2.05) is 44.2 Å². The Morgan fingerprint density at radius 1 is 1.27 bits per heavy atom. The number of nitrogens with zero attached hydrogens (tertiary/aromatic N) is 2. The lowest BCUT2D eigenvalue weighted by molar-refractivity contribution is -0.113. The van der Waals surface area contributed by atoms with Crippen LogP contribution in [-0.2, 0) is 9.53 Å². The maximum atomic E-state index is 12.1. The Bertz CT molecular complexity index is 632. The van der Waals surface area contributed by atoms with Gasteiger partial charge in [-0.2, -0.15) is 4.99 Å². The van der Waals surface area contributed by atoms with Gasteiger partial charge in [-0.1, -0.05) is 23.7 Å². The van der Waals surface area contributed by atoms with Crippen molar-refractivity contribution in [3.05, 3.63) is 39.8 Å². The van der Waals surface area contributed by atoms with E-state index in [1.54, 1.807) is 0 Å². The van der Waals surface area contributed by atoms with Gasteiger partial charge in [0.05, 0.1) is 17.1 Å². The molecular formula is C16H17ClN2O2S. The number of morpholine rings is 1. The van der Waals surface area contributed by atoms with E-state index in [0.29, 0.717) is 9.93 Å². The first kappa shape index (κ1) is 15.6. The molecule has 0 N–H and O–H groups in total. The summed E-state index contributed by atoms with van der Waals surface area (Å²) in [5.41, 5.74) is 0.945. The molecule has 1 amide bonds. The molecule has 1 saturated heterocycles. The molecule has 116 valence electrons. The molecule has 1 aromatic carbocycles. The average Bonchev–Trinajstić information content (AvgIpc) is 2.82. The summed E-state index contributed by atoms with van der Waals surface area (Å²) in [5.74, 6) is -0.179. The number of hydrogen-bond donors (Lipinski definition) is 0. The van der Waals surface area contributed by atoms with Crippen LogP contribution in [0.2, 0.25) is 5.02 Å². The van der Waals surface area contributed by atoms with Crippen LogP contribution in [-0.4, -0.2) is 41.3 Å². The van der Waals surface area contributed by atoms with Crippen LogP contribution in [0.3, 0.4) is 0 Å². The van der Waals surface area contributed by atoms with Crippen LogP contribution in [0.1, 0.15) is 19.4 Å². The van der Waals surface area contributed by atoms with Crippen LogP contribution < -0.4 is 0 Å². The molecule has 0 unspecified atom stereocenters. The summed E-state index contributed by atoms with van der Waals surface area (Å²) in [6.45, 7) is 5.60. The summed E-state index contributed by atoms with van der Waals surface area (Å²) in [5, 5.41) is 1.45. The smallest absolute Gasteiger partial charge is 0.286 e. The predicted molar refractivity (Wildman–Crippen MR) is 91.0 cm³/mol. The van der Waals surface area contributed by atoms with Gasteiger partial charge in [0.15, 0.2) is 5.17 Å². The lowest BCUT2D eigenvalue weighted by Crippen LogP contribution is -2.47. The molecule has 0 aliphatic carbocycles. The molecule has 2 atom stereocenters. The van der Waals surface area contributed by atoms with Crippen molar-refractivity contribution in [3.63, 3.8) is 0 Å². The van der Waals surface area contributed by atoms with Crippen molar-refractivity contribution >= 4 is 40.5 Å². The zero-order chi connectivity index (χ0) is 15.7. The molecule has 0 radical (unpaired) electrons. The van der Waals surface area contributed by atoms with E-state index >= 15 is 0 Å². The minimum Gasteiger partial charge on any atom is -0.372 e. The van der Waals surface area contributed by atoms with Gasteiger partial charge in [0, 0.05) is 18.1 Å². The Hall–Kier alpha value is -1.30. The van der Waals surface area contributed by atoms with Crippen LogP contribution in [0.5, 0.6) is 0 Å². The number of carbonyl (C=O) groups is 1. The molecule has 0 spiro atoms. The minimum atomic E-state index is -0.179. The fraction of sp³-hybridized carbons (Fsp3) is 0.375. The number of hydrogen-bond acceptors (Lipinski definition) is 4. The summed E-state index contributed by atoms with van der Waals surface area (Å²) in [6, 6.07) is 7.40. The summed E-state index contributed by atoms with van der Waals surface area (Å²) >= 11 is 7.30. The molecule has 22 heavy (non-hydrogen) atoms. The number of aliphatic imine (C=N–C) groups is 1. The average molecular weight is 337 g/mol. The first-order chi connectivity index (χ1) is 10.5. The van der Waals surface area contributed by atoms with Crippen molar-refractivity contribution in [2.24, 2.45) is 4.99 Å². The maximum Gasteiger partial charge on any atom is 0.286 e. The first-order valence-corrected chi connectivity index (χ1v) is 8.39. The van der Waals surface area contributed by atoms with Crippen LogP contribution in [0, 0.1) is 0 Å². The van der Waals surface area contributed by atoms with Crippen molar-refractivity contribution in [1.29, 1.82) is 0 Å². The zero-order valence-electron chi connectivity index (χ0n) is 12.5. The quantitative estimate of drug-likeness (QED) is 0.737. The van der Waals surface area contributed by atoms with E-state index in [9.17, 15) is 4.79 Å². The SMILES string of the molecule is C[C@H]1CN(C2=NC(=O)/C(=C/c3ccc(Cl)cc3)S2)C[C@H](C)O1. The molecule has 1 fully saturated rings. The lowest BCUT2D eigenvalue weighted by Gasteiger charge is -2.35. The third kappa shape index (κ3) is 3.54. The Morgan fingerprint density at radius 2 is 1.91 bits per heavy atom. The summed E-state index contributed by atoms with van der Waals surface area (Å²) < 4.78 is 5.72. The number of halogens is 1. The summed E-state index contributed by atoms with van der Waals surface area (Å²) in [7, 11) is 0. The van der Waals surface area contributed by atoms with E-state index in [2.05, 4.69) is 9.89 Å². The molecule has 3 rings (SSSR count). The number of thioether (sulfide) groups is 1. The third-order valence-corrected chi connectivity index (χ3v) is 4.76. The Labute approximate surface area is 139 Å². The largest absolute Gasteiger partial charge is 0.372 e.